The molecule has 1 aromatic heterocycles. The van der Waals surface area contributed by atoms with Gasteiger partial charge in [-0.1, -0.05) is 11.6 Å². The minimum atomic E-state index is -0.163. The van der Waals surface area contributed by atoms with Gasteiger partial charge in [0.15, 0.2) is 0 Å². The monoisotopic (exact) mass is 275 g/mol. The largest absolute Gasteiger partial charge is 0.399 e. The highest BCUT2D eigenvalue weighted by molar-refractivity contribution is 6.30. The van der Waals surface area contributed by atoms with Crippen LogP contribution in [-0.4, -0.2) is 17.4 Å². The molecular weight excluding hydrogens is 262 g/mol. The number of halogens is 1. The predicted molar refractivity (Wildman–Crippen MR) is 77.5 cm³/mol. The number of amides is 1. The van der Waals surface area contributed by atoms with E-state index in [1.54, 1.807) is 29.2 Å². The summed E-state index contributed by atoms with van der Waals surface area (Å²) in [6.45, 7) is 2.46. The maximum Gasteiger partial charge on any atom is 0.276 e. The number of hydrogen-bond acceptors (Lipinski definition) is 3. The normalized spacial score (nSPS) is 10.2. The Kier molecular flexibility index (Phi) is 4.02. The van der Waals surface area contributed by atoms with E-state index in [1.807, 2.05) is 19.1 Å². The Morgan fingerprint density at radius 3 is 2.47 bits per heavy atom. The zero-order chi connectivity index (χ0) is 13.8. The SMILES string of the molecule is CCN(C(=O)c1ccc(Cl)cn1)c1ccc(N)cc1. The quantitative estimate of drug-likeness (QED) is 0.876. The highest BCUT2D eigenvalue weighted by Crippen LogP contribution is 2.18. The Balaban J connectivity index is 2.29. The van der Waals surface area contributed by atoms with Crippen molar-refractivity contribution in [2.45, 2.75) is 6.92 Å². The van der Waals surface area contributed by atoms with Crippen LogP contribution in [0, 0.1) is 0 Å². The summed E-state index contributed by atoms with van der Waals surface area (Å²) in [6, 6.07) is 10.4. The smallest absolute Gasteiger partial charge is 0.276 e. The van der Waals surface area contributed by atoms with Crippen LogP contribution in [0.25, 0.3) is 0 Å². The van der Waals surface area contributed by atoms with E-state index in [9.17, 15) is 4.79 Å². The van der Waals surface area contributed by atoms with Crippen molar-refractivity contribution in [3.63, 3.8) is 0 Å². The molecule has 98 valence electrons. The minimum Gasteiger partial charge on any atom is -0.399 e. The molecule has 5 heteroatoms. The predicted octanol–water partition coefficient (Wildman–Crippen LogP) is 2.98. The second kappa shape index (κ2) is 5.71. The fraction of sp³-hybridized carbons (Fsp3) is 0.143. The van der Waals surface area contributed by atoms with Crippen LogP contribution in [0.5, 0.6) is 0 Å². The first-order chi connectivity index (χ1) is 9.11. The molecule has 2 aromatic rings. The first-order valence-corrected chi connectivity index (χ1v) is 6.28. The number of aromatic nitrogens is 1. The Morgan fingerprint density at radius 2 is 1.95 bits per heavy atom. The van der Waals surface area contributed by atoms with Crippen molar-refractivity contribution in [2.75, 3.05) is 17.2 Å². The third-order valence-electron chi connectivity index (χ3n) is 2.71. The molecule has 0 radical (unpaired) electrons. The molecule has 2 rings (SSSR count). The molecule has 1 amide bonds. The van der Waals surface area contributed by atoms with Crippen LogP contribution in [0.15, 0.2) is 42.6 Å². The average Bonchev–Trinajstić information content (AvgIpc) is 2.42. The topological polar surface area (TPSA) is 59.2 Å². The number of nitrogens with zero attached hydrogens (tertiary/aromatic N) is 2. The van der Waals surface area contributed by atoms with Gasteiger partial charge in [-0.3, -0.25) is 4.79 Å². The zero-order valence-electron chi connectivity index (χ0n) is 10.5. The molecule has 1 heterocycles. The lowest BCUT2D eigenvalue weighted by Crippen LogP contribution is -2.31. The zero-order valence-corrected chi connectivity index (χ0v) is 11.3. The lowest BCUT2D eigenvalue weighted by molar-refractivity contribution is 0.0983. The van der Waals surface area contributed by atoms with E-state index >= 15 is 0 Å². The van der Waals surface area contributed by atoms with Gasteiger partial charge in [-0.15, -0.1) is 0 Å². The summed E-state index contributed by atoms with van der Waals surface area (Å²) in [5.41, 5.74) is 7.46. The van der Waals surface area contributed by atoms with Gasteiger partial charge in [0.05, 0.1) is 5.02 Å². The number of anilines is 2. The Hall–Kier alpha value is -2.07. The molecule has 0 spiro atoms. The fourth-order valence-electron chi connectivity index (χ4n) is 1.74. The van der Waals surface area contributed by atoms with E-state index in [-0.39, 0.29) is 5.91 Å². The van der Waals surface area contributed by atoms with Crippen molar-refractivity contribution >= 4 is 28.9 Å². The van der Waals surface area contributed by atoms with Crippen molar-refractivity contribution in [1.29, 1.82) is 0 Å². The number of rotatable bonds is 3. The first-order valence-electron chi connectivity index (χ1n) is 5.90. The van der Waals surface area contributed by atoms with E-state index in [0.717, 1.165) is 5.69 Å². The summed E-state index contributed by atoms with van der Waals surface area (Å²) in [5.74, 6) is -0.163. The van der Waals surface area contributed by atoms with Gasteiger partial charge in [0.25, 0.3) is 5.91 Å². The number of nitrogen functional groups attached to an aromatic ring is 1. The van der Waals surface area contributed by atoms with Gasteiger partial charge < -0.3 is 10.6 Å². The fourth-order valence-corrected chi connectivity index (χ4v) is 1.85. The Morgan fingerprint density at radius 1 is 1.26 bits per heavy atom. The van der Waals surface area contributed by atoms with Crippen molar-refractivity contribution in [3.8, 4) is 0 Å². The Bertz CT molecular complexity index is 566. The lowest BCUT2D eigenvalue weighted by Gasteiger charge is -2.20. The van der Waals surface area contributed by atoms with Gasteiger partial charge in [0, 0.05) is 24.1 Å². The highest BCUT2D eigenvalue weighted by Gasteiger charge is 2.16. The van der Waals surface area contributed by atoms with Crippen molar-refractivity contribution < 1.29 is 4.79 Å². The molecule has 0 aliphatic rings. The van der Waals surface area contributed by atoms with Crippen LogP contribution in [0.1, 0.15) is 17.4 Å². The van der Waals surface area contributed by atoms with Crippen LogP contribution in [0.3, 0.4) is 0 Å². The van der Waals surface area contributed by atoms with Crippen LogP contribution in [-0.2, 0) is 0 Å². The molecule has 0 aliphatic carbocycles. The molecule has 2 N–H and O–H groups in total. The van der Waals surface area contributed by atoms with E-state index in [0.29, 0.717) is 22.9 Å². The first kappa shape index (κ1) is 13.4. The van der Waals surface area contributed by atoms with Gasteiger partial charge in [-0.05, 0) is 43.3 Å². The summed E-state index contributed by atoms with van der Waals surface area (Å²) in [6.07, 6.45) is 1.46. The lowest BCUT2D eigenvalue weighted by atomic mass is 10.2. The van der Waals surface area contributed by atoms with Crippen molar-refractivity contribution in [1.82, 2.24) is 4.98 Å². The highest BCUT2D eigenvalue weighted by atomic mass is 35.5. The van der Waals surface area contributed by atoms with Crippen LogP contribution < -0.4 is 10.6 Å². The average molecular weight is 276 g/mol. The summed E-state index contributed by atoms with van der Waals surface area (Å²) in [5, 5.41) is 0.507. The van der Waals surface area contributed by atoms with E-state index in [1.165, 1.54) is 6.20 Å². The summed E-state index contributed by atoms with van der Waals surface area (Å²) >= 11 is 5.76. The standard InChI is InChI=1S/C14H14ClN3O/c1-2-18(12-6-4-11(16)5-7-12)14(19)13-8-3-10(15)9-17-13/h3-9H,2,16H2,1H3. The molecule has 0 fully saturated rings. The minimum absolute atomic E-state index is 0.163. The Labute approximate surface area is 116 Å². The van der Waals surface area contributed by atoms with Crippen molar-refractivity contribution in [2.24, 2.45) is 0 Å². The van der Waals surface area contributed by atoms with E-state index in [4.69, 9.17) is 17.3 Å². The molecular formula is C14H14ClN3O. The number of carbonyl (C=O) groups excluding carboxylic acids is 1. The third kappa shape index (κ3) is 3.03. The van der Waals surface area contributed by atoms with Crippen LogP contribution in [0.4, 0.5) is 11.4 Å². The molecule has 19 heavy (non-hydrogen) atoms. The second-order valence-electron chi connectivity index (χ2n) is 4.00. The van der Waals surface area contributed by atoms with Gasteiger partial charge in [-0.25, -0.2) is 4.98 Å². The van der Waals surface area contributed by atoms with E-state index < -0.39 is 0 Å². The molecule has 0 unspecified atom stereocenters. The molecule has 0 bridgehead atoms. The van der Waals surface area contributed by atoms with Gasteiger partial charge in [-0.2, -0.15) is 0 Å². The number of nitrogens with two attached hydrogens (primary N) is 1. The van der Waals surface area contributed by atoms with Crippen molar-refractivity contribution in [3.05, 3.63) is 53.3 Å². The third-order valence-corrected chi connectivity index (χ3v) is 2.94. The summed E-state index contributed by atoms with van der Waals surface area (Å²) in [4.78, 5) is 18.0. The van der Waals surface area contributed by atoms with Gasteiger partial charge in [0.2, 0.25) is 0 Å². The summed E-state index contributed by atoms with van der Waals surface area (Å²) < 4.78 is 0. The molecule has 0 aliphatic heterocycles. The number of pyridine rings is 1. The van der Waals surface area contributed by atoms with Crippen LogP contribution in [0.2, 0.25) is 5.02 Å². The van der Waals surface area contributed by atoms with E-state index in [2.05, 4.69) is 4.98 Å². The molecule has 4 nitrogen and oxygen atoms in total. The van der Waals surface area contributed by atoms with Crippen LogP contribution >= 0.6 is 11.6 Å². The number of hydrogen-bond donors (Lipinski definition) is 1. The number of benzene rings is 1. The molecule has 0 saturated heterocycles. The molecule has 1 aromatic carbocycles. The second-order valence-corrected chi connectivity index (χ2v) is 4.44. The molecule has 0 atom stereocenters. The van der Waals surface area contributed by atoms with Gasteiger partial charge >= 0.3 is 0 Å². The number of carbonyl (C=O) groups is 1. The maximum absolute atomic E-state index is 12.4. The maximum atomic E-state index is 12.4. The summed E-state index contributed by atoms with van der Waals surface area (Å²) in [7, 11) is 0. The van der Waals surface area contributed by atoms with Gasteiger partial charge in [0.1, 0.15) is 5.69 Å². The molecule has 0 saturated carbocycles.